The molecule has 102 valence electrons. The maximum atomic E-state index is 11.7. The Balaban J connectivity index is 2.29. The summed E-state index contributed by atoms with van der Waals surface area (Å²) in [4.78, 5) is 16.4. The van der Waals surface area contributed by atoms with Gasteiger partial charge in [0, 0.05) is 13.7 Å². The molecule has 0 spiro atoms. The quantitative estimate of drug-likeness (QED) is 0.556. The molecule has 0 unspecified atom stereocenters. The minimum absolute atomic E-state index is 0.220. The first-order valence-corrected chi connectivity index (χ1v) is 6.40. The summed E-state index contributed by atoms with van der Waals surface area (Å²) in [7, 11) is 1.60. The van der Waals surface area contributed by atoms with Crippen LogP contribution < -0.4 is 5.73 Å². The van der Waals surface area contributed by atoms with E-state index in [1.807, 2.05) is 0 Å². The Hall–Kier alpha value is -1.02. The summed E-state index contributed by atoms with van der Waals surface area (Å²) in [5, 5.41) is 0.732. The first kappa shape index (κ1) is 15.0. The van der Waals surface area contributed by atoms with Gasteiger partial charge in [-0.25, -0.2) is 9.78 Å². The van der Waals surface area contributed by atoms with Crippen LogP contribution in [-0.2, 0) is 20.8 Å². The van der Waals surface area contributed by atoms with Crippen LogP contribution in [0.4, 0.5) is 0 Å². The molecule has 0 saturated carbocycles. The van der Waals surface area contributed by atoms with Crippen molar-refractivity contribution in [3.05, 3.63) is 15.6 Å². The molecule has 0 amide bonds. The lowest BCUT2D eigenvalue weighted by atomic mass is 10.4. The molecule has 1 aromatic heterocycles. The highest BCUT2D eigenvalue weighted by Crippen LogP contribution is 2.18. The van der Waals surface area contributed by atoms with Gasteiger partial charge in [0.25, 0.3) is 0 Å². The number of aromatic nitrogens is 1. The number of ether oxygens (including phenoxy) is 3. The minimum atomic E-state index is -0.375. The fraction of sp³-hybridized carbons (Fsp3) is 0.636. The van der Waals surface area contributed by atoms with E-state index in [4.69, 9.17) is 19.9 Å². The Morgan fingerprint density at radius 2 is 2.06 bits per heavy atom. The summed E-state index contributed by atoms with van der Waals surface area (Å²) in [5.74, 6) is -0.375. The Labute approximate surface area is 110 Å². The zero-order valence-corrected chi connectivity index (χ0v) is 11.4. The van der Waals surface area contributed by atoms with Crippen molar-refractivity contribution < 1.29 is 19.0 Å². The van der Waals surface area contributed by atoms with Gasteiger partial charge in [-0.2, -0.15) is 0 Å². The number of thiazole rings is 1. The topological polar surface area (TPSA) is 83.7 Å². The van der Waals surface area contributed by atoms with Gasteiger partial charge in [0.05, 0.1) is 25.5 Å². The number of esters is 1. The molecular weight excluding hydrogens is 256 g/mol. The van der Waals surface area contributed by atoms with Gasteiger partial charge in [-0.05, 0) is 6.92 Å². The van der Waals surface area contributed by atoms with E-state index < -0.39 is 0 Å². The number of methoxy groups -OCH3 is 1. The third-order valence-corrected chi connectivity index (χ3v) is 3.25. The van der Waals surface area contributed by atoms with Gasteiger partial charge >= 0.3 is 5.97 Å². The minimum Gasteiger partial charge on any atom is -0.459 e. The molecule has 0 fully saturated rings. The second-order valence-electron chi connectivity index (χ2n) is 3.47. The Kier molecular flexibility index (Phi) is 6.81. The van der Waals surface area contributed by atoms with E-state index >= 15 is 0 Å². The second kappa shape index (κ2) is 8.15. The fourth-order valence-electron chi connectivity index (χ4n) is 1.23. The highest BCUT2D eigenvalue weighted by Gasteiger charge is 2.15. The van der Waals surface area contributed by atoms with Gasteiger partial charge in [-0.1, -0.05) is 0 Å². The smallest absolute Gasteiger partial charge is 0.350 e. The van der Waals surface area contributed by atoms with Crippen LogP contribution in [0.2, 0.25) is 0 Å². The SMILES string of the molecule is COCCOCCOC(=O)c1sc(CN)nc1C. The lowest BCUT2D eigenvalue weighted by Gasteiger charge is -2.04. The third kappa shape index (κ3) is 4.69. The molecular formula is C11H18N2O4S. The molecule has 0 aliphatic heterocycles. The van der Waals surface area contributed by atoms with Crippen molar-refractivity contribution >= 4 is 17.3 Å². The van der Waals surface area contributed by atoms with Gasteiger partial charge in [-0.15, -0.1) is 11.3 Å². The lowest BCUT2D eigenvalue weighted by Crippen LogP contribution is -2.12. The predicted molar refractivity (Wildman–Crippen MR) is 67.7 cm³/mol. The number of rotatable bonds is 8. The molecule has 0 aromatic carbocycles. The van der Waals surface area contributed by atoms with Crippen LogP contribution in [0.3, 0.4) is 0 Å². The number of nitrogens with zero attached hydrogens (tertiary/aromatic N) is 1. The van der Waals surface area contributed by atoms with Crippen LogP contribution in [0.5, 0.6) is 0 Å². The van der Waals surface area contributed by atoms with E-state index in [0.29, 0.717) is 36.9 Å². The van der Waals surface area contributed by atoms with Crippen molar-refractivity contribution in [1.82, 2.24) is 4.98 Å². The average molecular weight is 274 g/mol. The van der Waals surface area contributed by atoms with E-state index in [9.17, 15) is 4.79 Å². The van der Waals surface area contributed by atoms with Crippen molar-refractivity contribution in [2.24, 2.45) is 5.73 Å². The van der Waals surface area contributed by atoms with Crippen molar-refractivity contribution in [2.45, 2.75) is 13.5 Å². The van der Waals surface area contributed by atoms with Crippen LogP contribution in [-0.4, -0.2) is 44.5 Å². The van der Waals surface area contributed by atoms with Gasteiger partial charge in [0.15, 0.2) is 0 Å². The number of hydrogen-bond acceptors (Lipinski definition) is 7. The largest absolute Gasteiger partial charge is 0.459 e. The molecule has 0 aliphatic carbocycles. The molecule has 0 aliphatic rings. The third-order valence-electron chi connectivity index (χ3n) is 2.09. The van der Waals surface area contributed by atoms with Gasteiger partial charge in [0.1, 0.15) is 16.5 Å². The zero-order chi connectivity index (χ0) is 13.4. The standard InChI is InChI=1S/C11H18N2O4S/c1-8-10(18-9(7-12)13-8)11(14)17-6-5-16-4-3-15-2/h3-7,12H2,1-2H3. The van der Waals surface area contributed by atoms with Crippen LogP contribution in [0, 0.1) is 6.92 Å². The second-order valence-corrected chi connectivity index (χ2v) is 4.55. The zero-order valence-electron chi connectivity index (χ0n) is 10.6. The molecule has 0 radical (unpaired) electrons. The molecule has 0 atom stereocenters. The molecule has 0 bridgehead atoms. The number of carbonyl (C=O) groups is 1. The summed E-state index contributed by atoms with van der Waals surface area (Å²) < 4.78 is 15.1. The summed E-state index contributed by atoms with van der Waals surface area (Å²) in [5.41, 5.74) is 6.12. The van der Waals surface area contributed by atoms with Crippen LogP contribution >= 0.6 is 11.3 Å². The summed E-state index contributed by atoms with van der Waals surface area (Å²) in [6, 6.07) is 0. The summed E-state index contributed by atoms with van der Waals surface area (Å²) >= 11 is 1.27. The van der Waals surface area contributed by atoms with E-state index in [1.54, 1.807) is 14.0 Å². The van der Waals surface area contributed by atoms with E-state index in [-0.39, 0.29) is 12.6 Å². The molecule has 0 saturated heterocycles. The first-order chi connectivity index (χ1) is 8.69. The Morgan fingerprint density at radius 1 is 1.33 bits per heavy atom. The van der Waals surface area contributed by atoms with Crippen molar-refractivity contribution in [3.8, 4) is 0 Å². The van der Waals surface area contributed by atoms with Gasteiger partial charge in [-0.3, -0.25) is 0 Å². The molecule has 18 heavy (non-hydrogen) atoms. The molecule has 1 aromatic rings. The number of nitrogens with two attached hydrogens (primary N) is 1. The van der Waals surface area contributed by atoms with Gasteiger partial charge < -0.3 is 19.9 Å². The average Bonchev–Trinajstić information content (AvgIpc) is 2.75. The van der Waals surface area contributed by atoms with Crippen LogP contribution in [0.15, 0.2) is 0 Å². The van der Waals surface area contributed by atoms with E-state index in [2.05, 4.69) is 4.98 Å². The predicted octanol–water partition coefficient (Wildman–Crippen LogP) is 0.730. The Bertz CT molecular complexity index is 381. The maximum Gasteiger partial charge on any atom is 0.350 e. The highest BCUT2D eigenvalue weighted by molar-refractivity contribution is 7.13. The van der Waals surface area contributed by atoms with Crippen molar-refractivity contribution in [2.75, 3.05) is 33.5 Å². The van der Waals surface area contributed by atoms with Crippen molar-refractivity contribution in [1.29, 1.82) is 0 Å². The molecule has 6 nitrogen and oxygen atoms in total. The van der Waals surface area contributed by atoms with Gasteiger partial charge in [0.2, 0.25) is 0 Å². The van der Waals surface area contributed by atoms with Crippen LogP contribution in [0.25, 0.3) is 0 Å². The normalized spacial score (nSPS) is 10.6. The highest BCUT2D eigenvalue weighted by atomic mass is 32.1. The molecule has 1 rings (SSSR count). The first-order valence-electron chi connectivity index (χ1n) is 5.59. The van der Waals surface area contributed by atoms with E-state index in [0.717, 1.165) is 5.01 Å². The maximum absolute atomic E-state index is 11.7. The molecule has 1 heterocycles. The fourth-order valence-corrected chi connectivity index (χ4v) is 2.07. The summed E-state index contributed by atoms with van der Waals surface area (Å²) in [6.45, 7) is 3.70. The number of hydrogen-bond donors (Lipinski definition) is 1. The van der Waals surface area contributed by atoms with E-state index in [1.165, 1.54) is 11.3 Å². The van der Waals surface area contributed by atoms with Crippen LogP contribution in [0.1, 0.15) is 20.4 Å². The monoisotopic (exact) mass is 274 g/mol. The molecule has 7 heteroatoms. The lowest BCUT2D eigenvalue weighted by molar-refractivity contribution is 0.0216. The summed E-state index contributed by atoms with van der Waals surface area (Å²) in [6.07, 6.45) is 0. The molecule has 2 N–H and O–H groups in total. The Morgan fingerprint density at radius 3 is 2.67 bits per heavy atom. The number of aryl methyl sites for hydroxylation is 1. The van der Waals surface area contributed by atoms with Crippen molar-refractivity contribution in [3.63, 3.8) is 0 Å². The number of carbonyl (C=O) groups excluding carboxylic acids is 1.